The second-order valence-corrected chi connectivity index (χ2v) is 8.69. The van der Waals surface area contributed by atoms with E-state index in [0.29, 0.717) is 19.4 Å². The van der Waals surface area contributed by atoms with Crippen molar-refractivity contribution in [2.24, 2.45) is 7.05 Å². The third kappa shape index (κ3) is 3.77. The second kappa shape index (κ2) is 7.44. The number of fused-ring (bicyclic) bond motifs is 1. The molecule has 2 aromatic heterocycles. The molecule has 0 spiro atoms. The summed E-state index contributed by atoms with van der Waals surface area (Å²) in [5.74, 6) is -2.43. The van der Waals surface area contributed by atoms with E-state index in [9.17, 15) is 40.4 Å². The molecule has 0 aliphatic carbocycles. The first kappa shape index (κ1) is 23.5. The third-order valence-corrected chi connectivity index (χ3v) is 5.53. The molecule has 1 amide bonds. The first-order valence-corrected chi connectivity index (χ1v) is 10.5. The molecule has 0 N–H and O–H groups in total. The van der Waals surface area contributed by atoms with Crippen molar-refractivity contribution in [2.75, 3.05) is 10.6 Å². The average Bonchev–Trinajstić information content (AvgIpc) is 3.02. The van der Waals surface area contributed by atoms with Gasteiger partial charge in [-0.1, -0.05) is 11.6 Å². The number of rotatable bonds is 3. The Labute approximate surface area is 180 Å². The predicted molar refractivity (Wildman–Crippen MR) is 103 cm³/mol. The van der Waals surface area contributed by atoms with Gasteiger partial charge in [0.25, 0.3) is 5.56 Å². The lowest BCUT2D eigenvalue weighted by Gasteiger charge is -2.14. The van der Waals surface area contributed by atoms with Crippen molar-refractivity contribution >= 4 is 44.6 Å². The number of carbonyl (C=O) groups is 1. The van der Waals surface area contributed by atoms with Gasteiger partial charge in [0.2, 0.25) is 15.9 Å². The molecule has 0 aliphatic heterocycles. The number of nitrogens with zero attached hydrogens (tertiary/aromatic N) is 4. The highest BCUT2D eigenvalue weighted by atomic mass is 35.5. The molecule has 0 bridgehead atoms. The summed E-state index contributed by atoms with van der Waals surface area (Å²) in [4.78, 5) is 40.4. The summed E-state index contributed by atoms with van der Waals surface area (Å²) in [7, 11) is -3.57. The van der Waals surface area contributed by atoms with Crippen molar-refractivity contribution in [3.05, 3.63) is 49.5 Å². The van der Waals surface area contributed by atoms with Crippen molar-refractivity contribution in [3.63, 3.8) is 0 Å². The molecule has 2 heterocycles. The number of hydrogen-bond acceptors (Lipinski definition) is 7. The van der Waals surface area contributed by atoms with Crippen LogP contribution in [0.2, 0.25) is 5.02 Å². The second-order valence-electron chi connectivity index (χ2n) is 6.45. The number of oxazole rings is 1. The van der Waals surface area contributed by atoms with E-state index in [2.05, 4.69) is 4.98 Å². The number of benzene rings is 1. The molecule has 172 valence electrons. The van der Waals surface area contributed by atoms with Crippen molar-refractivity contribution in [3.8, 4) is 5.69 Å². The average molecular weight is 499 g/mol. The van der Waals surface area contributed by atoms with Gasteiger partial charge in [-0.15, -0.1) is 0 Å². The summed E-state index contributed by atoms with van der Waals surface area (Å²) >= 11 is 5.89. The van der Waals surface area contributed by atoms with Crippen LogP contribution in [0.15, 0.2) is 26.1 Å². The standard InChI is InChI=1S/C16H11ClF4N4O6S/c1-6(26)25(32(3,29)30)14-22-11-7(17)4-8(18)12(13(11)31-14)24-10(27)5-9(16(19,20)21)23(2)15(24)28/h4-5H,1-3H3. The zero-order chi connectivity index (χ0) is 24.3. The summed E-state index contributed by atoms with van der Waals surface area (Å²) in [6.45, 7) is 0.856. The molecule has 16 heteroatoms. The van der Waals surface area contributed by atoms with E-state index in [1.807, 2.05) is 0 Å². The number of hydrogen-bond donors (Lipinski definition) is 0. The number of halogens is 5. The zero-order valence-electron chi connectivity index (χ0n) is 16.2. The Morgan fingerprint density at radius 1 is 1.25 bits per heavy atom. The van der Waals surface area contributed by atoms with Gasteiger partial charge in [0, 0.05) is 20.0 Å². The Balaban J connectivity index is 2.46. The fourth-order valence-corrected chi connectivity index (χ4v) is 3.95. The first-order valence-electron chi connectivity index (χ1n) is 8.25. The predicted octanol–water partition coefficient (Wildman–Crippen LogP) is 1.80. The Kier molecular flexibility index (Phi) is 5.46. The van der Waals surface area contributed by atoms with Gasteiger partial charge in [0.15, 0.2) is 11.4 Å². The minimum absolute atomic E-state index is 0.0384. The molecule has 0 aliphatic rings. The quantitative estimate of drug-likeness (QED) is 0.504. The van der Waals surface area contributed by atoms with Crippen LogP contribution in [0.1, 0.15) is 12.6 Å². The molecule has 10 nitrogen and oxygen atoms in total. The SMILES string of the molecule is CC(=O)N(c1nc2c(Cl)cc(F)c(-n3c(=O)cc(C(F)(F)F)n(C)c3=O)c2o1)S(C)(=O)=O. The maximum Gasteiger partial charge on any atom is 0.431 e. The molecule has 0 radical (unpaired) electrons. The highest BCUT2D eigenvalue weighted by molar-refractivity contribution is 7.92. The molecule has 0 atom stereocenters. The number of sulfonamides is 1. The van der Waals surface area contributed by atoms with Crippen molar-refractivity contribution in [1.82, 2.24) is 14.1 Å². The maximum atomic E-state index is 14.8. The van der Waals surface area contributed by atoms with Gasteiger partial charge in [-0.25, -0.2) is 22.2 Å². The molecule has 0 saturated heterocycles. The van der Waals surface area contributed by atoms with Crippen LogP contribution in [0.5, 0.6) is 0 Å². The summed E-state index contributed by atoms with van der Waals surface area (Å²) in [5.41, 5.74) is -6.92. The maximum absolute atomic E-state index is 14.8. The van der Waals surface area contributed by atoms with Crippen LogP contribution in [0.25, 0.3) is 16.8 Å². The number of aromatic nitrogens is 3. The number of carbonyl (C=O) groups excluding carboxylic acids is 1. The van der Waals surface area contributed by atoms with Gasteiger partial charge >= 0.3 is 17.9 Å². The van der Waals surface area contributed by atoms with Gasteiger partial charge < -0.3 is 4.42 Å². The highest BCUT2D eigenvalue weighted by Gasteiger charge is 2.36. The van der Waals surface area contributed by atoms with Gasteiger partial charge in [-0.3, -0.25) is 14.2 Å². The van der Waals surface area contributed by atoms with Gasteiger partial charge in [0.1, 0.15) is 16.9 Å². The van der Waals surface area contributed by atoms with E-state index in [1.54, 1.807) is 0 Å². The summed E-state index contributed by atoms with van der Waals surface area (Å²) < 4.78 is 83.3. The highest BCUT2D eigenvalue weighted by Crippen LogP contribution is 2.34. The van der Waals surface area contributed by atoms with Crippen LogP contribution >= 0.6 is 11.6 Å². The van der Waals surface area contributed by atoms with Crippen LogP contribution in [0.4, 0.5) is 23.6 Å². The van der Waals surface area contributed by atoms with Crippen molar-refractivity contribution in [1.29, 1.82) is 0 Å². The summed E-state index contributed by atoms with van der Waals surface area (Å²) in [6.07, 6.45) is -4.42. The fourth-order valence-electron chi connectivity index (χ4n) is 2.90. The number of anilines is 1. The monoisotopic (exact) mass is 498 g/mol. The normalized spacial score (nSPS) is 12.4. The van der Waals surface area contributed by atoms with Gasteiger partial charge in [0.05, 0.1) is 11.3 Å². The number of alkyl halides is 3. The van der Waals surface area contributed by atoms with Crippen LogP contribution in [-0.2, 0) is 28.0 Å². The molecular formula is C16H11ClF4N4O6S. The Morgan fingerprint density at radius 2 is 1.84 bits per heavy atom. The molecular weight excluding hydrogens is 488 g/mol. The lowest BCUT2D eigenvalue weighted by atomic mass is 10.2. The van der Waals surface area contributed by atoms with Crippen molar-refractivity contribution < 1.29 is 35.2 Å². The van der Waals surface area contributed by atoms with Crippen LogP contribution in [-0.4, -0.2) is 34.7 Å². The van der Waals surface area contributed by atoms with E-state index in [0.717, 1.165) is 6.92 Å². The van der Waals surface area contributed by atoms with E-state index in [4.69, 9.17) is 16.0 Å². The molecule has 0 fully saturated rings. The summed E-state index contributed by atoms with van der Waals surface area (Å²) in [6, 6.07) is -0.231. The Bertz CT molecular complexity index is 1510. The lowest BCUT2D eigenvalue weighted by molar-refractivity contribution is -0.144. The largest absolute Gasteiger partial charge is 0.431 e. The smallest absolute Gasteiger partial charge is 0.420 e. The minimum atomic E-state index is -5.06. The molecule has 1 aromatic carbocycles. The topological polar surface area (TPSA) is 124 Å². The fraction of sp³-hybridized carbons (Fsp3) is 0.250. The van der Waals surface area contributed by atoms with E-state index < -0.39 is 72.7 Å². The van der Waals surface area contributed by atoms with Crippen molar-refractivity contribution in [2.45, 2.75) is 13.1 Å². The van der Waals surface area contributed by atoms with Crippen LogP contribution < -0.4 is 15.6 Å². The van der Waals surface area contributed by atoms with Crippen LogP contribution in [0.3, 0.4) is 0 Å². The first-order chi connectivity index (χ1) is 14.6. The number of amides is 1. The molecule has 0 unspecified atom stereocenters. The van der Waals surface area contributed by atoms with Gasteiger partial charge in [-0.2, -0.15) is 22.5 Å². The van der Waals surface area contributed by atoms with E-state index >= 15 is 0 Å². The Hall–Kier alpha value is -3.20. The summed E-state index contributed by atoms with van der Waals surface area (Å²) in [5, 5.41) is -0.454. The zero-order valence-corrected chi connectivity index (χ0v) is 17.8. The third-order valence-electron chi connectivity index (χ3n) is 4.16. The van der Waals surface area contributed by atoms with Crippen LogP contribution in [0, 0.1) is 5.82 Å². The lowest BCUT2D eigenvalue weighted by Crippen LogP contribution is -2.41. The van der Waals surface area contributed by atoms with E-state index in [-0.39, 0.29) is 19.5 Å². The minimum Gasteiger partial charge on any atom is -0.420 e. The molecule has 3 aromatic rings. The molecule has 0 saturated carbocycles. The molecule has 3 rings (SSSR count). The Morgan fingerprint density at radius 3 is 2.34 bits per heavy atom. The molecule has 32 heavy (non-hydrogen) atoms. The van der Waals surface area contributed by atoms with E-state index in [1.165, 1.54) is 0 Å². The van der Waals surface area contributed by atoms with Gasteiger partial charge in [-0.05, 0) is 6.07 Å².